The van der Waals surface area contributed by atoms with Gasteiger partial charge in [-0.25, -0.2) is 0 Å². The molecule has 1 heterocycles. The molecule has 0 radical (unpaired) electrons. The number of benzene rings is 1. The van der Waals surface area contributed by atoms with E-state index in [9.17, 15) is 5.11 Å². The van der Waals surface area contributed by atoms with Crippen LogP contribution >= 0.6 is 0 Å². The van der Waals surface area contributed by atoms with Gasteiger partial charge >= 0.3 is 0 Å². The minimum Gasteiger partial charge on any atom is -0.467 e. The third-order valence-electron chi connectivity index (χ3n) is 3.52. The molecule has 2 unspecified atom stereocenters. The minimum atomic E-state index is -0.607. The van der Waals surface area contributed by atoms with Gasteiger partial charge < -0.3 is 14.8 Å². The van der Waals surface area contributed by atoms with Crippen LogP contribution in [0.5, 0.6) is 0 Å². The summed E-state index contributed by atoms with van der Waals surface area (Å²) in [6, 6.07) is 10.2. The van der Waals surface area contributed by atoms with Crippen molar-refractivity contribution in [2.75, 3.05) is 6.54 Å². The van der Waals surface area contributed by atoms with Crippen molar-refractivity contribution < 1.29 is 9.52 Å². The molecule has 3 heteroatoms. The van der Waals surface area contributed by atoms with Gasteiger partial charge in [0.15, 0.2) is 0 Å². The highest BCUT2D eigenvalue weighted by Crippen LogP contribution is 2.18. The minimum absolute atomic E-state index is 0.198. The van der Waals surface area contributed by atoms with Gasteiger partial charge in [0, 0.05) is 12.6 Å². The fourth-order valence-electron chi connectivity index (χ4n) is 2.02. The lowest BCUT2D eigenvalue weighted by molar-refractivity contribution is 0.144. The van der Waals surface area contributed by atoms with Crippen molar-refractivity contribution in [2.24, 2.45) is 0 Å². The van der Waals surface area contributed by atoms with Crippen molar-refractivity contribution >= 4 is 0 Å². The van der Waals surface area contributed by atoms with Crippen molar-refractivity contribution in [3.05, 3.63) is 59.0 Å². The first-order valence-corrected chi connectivity index (χ1v) is 6.60. The summed E-state index contributed by atoms with van der Waals surface area (Å²) in [6.07, 6.45) is 0.967. The van der Waals surface area contributed by atoms with Crippen LogP contribution in [0.4, 0.5) is 0 Å². The molecule has 0 spiro atoms. The van der Waals surface area contributed by atoms with Crippen LogP contribution < -0.4 is 5.32 Å². The average molecular weight is 259 g/mol. The number of nitrogens with one attached hydrogen (secondary N) is 1. The summed E-state index contributed by atoms with van der Waals surface area (Å²) in [5.41, 5.74) is 3.82. The SMILES string of the molecule is Cc1ccc(C(C)NCC(O)c2ccco2)cc1C. The summed E-state index contributed by atoms with van der Waals surface area (Å²) in [6.45, 7) is 6.79. The van der Waals surface area contributed by atoms with Gasteiger partial charge in [0.05, 0.1) is 6.26 Å². The van der Waals surface area contributed by atoms with Crippen molar-refractivity contribution in [3.8, 4) is 0 Å². The van der Waals surface area contributed by atoms with Crippen LogP contribution in [0.3, 0.4) is 0 Å². The quantitative estimate of drug-likeness (QED) is 0.866. The Bertz CT molecular complexity index is 520. The first kappa shape index (κ1) is 13.8. The van der Waals surface area contributed by atoms with Crippen LogP contribution in [0, 0.1) is 13.8 Å². The molecule has 0 aliphatic heterocycles. The highest BCUT2D eigenvalue weighted by molar-refractivity contribution is 5.31. The highest BCUT2D eigenvalue weighted by Gasteiger charge is 2.12. The Labute approximate surface area is 114 Å². The van der Waals surface area contributed by atoms with Crippen LogP contribution in [-0.2, 0) is 0 Å². The molecule has 102 valence electrons. The maximum Gasteiger partial charge on any atom is 0.133 e. The summed E-state index contributed by atoms with van der Waals surface area (Å²) in [5.74, 6) is 0.597. The zero-order valence-electron chi connectivity index (χ0n) is 11.7. The largest absolute Gasteiger partial charge is 0.467 e. The first-order valence-electron chi connectivity index (χ1n) is 6.60. The maximum absolute atomic E-state index is 9.95. The number of hydrogen-bond donors (Lipinski definition) is 2. The molecular weight excluding hydrogens is 238 g/mol. The lowest BCUT2D eigenvalue weighted by atomic mass is 10.0. The van der Waals surface area contributed by atoms with E-state index in [4.69, 9.17) is 4.42 Å². The molecule has 0 fully saturated rings. The number of aliphatic hydroxyl groups is 1. The molecule has 1 aromatic heterocycles. The molecule has 2 atom stereocenters. The molecule has 3 nitrogen and oxygen atoms in total. The molecule has 2 aromatic rings. The molecule has 0 bridgehead atoms. The highest BCUT2D eigenvalue weighted by atomic mass is 16.4. The van der Waals surface area contributed by atoms with E-state index in [-0.39, 0.29) is 6.04 Å². The molecular formula is C16H21NO2. The van der Waals surface area contributed by atoms with Gasteiger partial charge in [-0.2, -0.15) is 0 Å². The monoisotopic (exact) mass is 259 g/mol. The van der Waals surface area contributed by atoms with Crippen molar-refractivity contribution in [2.45, 2.75) is 32.9 Å². The fraction of sp³-hybridized carbons (Fsp3) is 0.375. The summed E-state index contributed by atoms with van der Waals surface area (Å²) >= 11 is 0. The molecule has 0 saturated heterocycles. The van der Waals surface area contributed by atoms with Crippen LogP contribution in [0.1, 0.15) is 41.5 Å². The van der Waals surface area contributed by atoms with Gasteiger partial charge in [0.25, 0.3) is 0 Å². The van der Waals surface area contributed by atoms with Gasteiger partial charge in [0.2, 0.25) is 0 Å². The number of furan rings is 1. The van der Waals surface area contributed by atoms with Gasteiger partial charge in [0.1, 0.15) is 11.9 Å². The number of aryl methyl sites for hydroxylation is 2. The second-order valence-corrected chi connectivity index (χ2v) is 5.00. The van der Waals surface area contributed by atoms with E-state index in [1.165, 1.54) is 16.7 Å². The average Bonchev–Trinajstić information content (AvgIpc) is 2.92. The maximum atomic E-state index is 9.95. The van der Waals surface area contributed by atoms with E-state index in [1.807, 2.05) is 0 Å². The summed E-state index contributed by atoms with van der Waals surface area (Å²) in [7, 11) is 0. The van der Waals surface area contributed by atoms with E-state index in [2.05, 4.69) is 44.3 Å². The van der Waals surface area contributed by atoms with Crippen molar-refractivity contribution in [1.82, 2.24) is 5.32 Å². The summed E-state index contributed by atoms with van der Waals surface area (Å²) in [5, 5.41) is 13.3. The molecule has 19 heavy (non-hydrogen) atoms. The van der Waals surface area contributed by atoms with Crippen LogP contribution in [-0.4, -0.2) is 11.7 Å². The Morgan fingerprint density at radius 3 is 2.63 bits per heavy atom. The van der Waals surface area contributed by atoms with Crippen LogP contribution in [0.25, 0.3) is 0 Å². The Morgan fingerprint density at radius 1 is 1.21 bits per heavy atom. The van der Waals surface area contributed by atoms with E-state index in [0.29, 0.717) is 12.3 Å². The second-order valence-electron chi connectivity index (χ2n) is 5.00. The van der Waals surface area contributed by atoms with E-state index >= 15 is 0 Å². The third-order valence-corrected chi connectivity index (χ3v) is 3.52. The second kappa shape index (κ2) is 6.04. The Balaban J connectivity index is 1.93. The van der Waals surface area contributed by atoms with Crippen molar-refractivity contribution in [3.63, 3.8) is 0 Å². The third kappa shape index (κ3) is 3.46. The zero-order valence-corrected chi connectivity index (χ0v) is 11.7. The van der Waals surface area contributed by atoms with Crippen LogP contribution in [0.15, 0.2) is 41.0 Å². The zero-order chi connectivity index (χ0) is 13.8. The van der Waals surface area contributed by atoms with E-state index < -0.39 is 6.10 Å². The standard InChI is InChI=1S/C16H21NO2/c1-11-6-7-14(9-12(11)2)13(3)17-10-15(18)16-5-4-8-19-16/h4-9,13,15,17-18H,10H2,1-3H3. The molecule has 0 amide bonds. The van der Waals surface area contributed by atoms with Crippen LogP contribution in [0.2, 0.25) is 0 Å². The molecule has 0 aliphatic carbocycles. The predicted octanol–water partition coefficient (Wildman–Crippen LogP) is 3.28. The number of aliphatic hydroxyl groups excluding tert-OH is 1. The molecule has 0 aliphatic rings. The Kier molecular flexibility index (Phi) is 4.40. The van der Waals surface area contributed by atoms with E-state index in [0.717, 1.165) is 0 Å². The first-order chi connectivity index (χ1) is 9.08. The number of rotatable bonds is 5. The van der Waals surface area contributed by atoms with Gasteiger partial charge in [-0.05, 0) is 49.6 Å². The normalized spacial score (nSPS) is 14.3. The summed E-state index contributed by atoms with van der Waals surface area (Å²) in [4.78, 5) is 0. The topological polar surface area (TPSA) is 45.4 Å². The lowest BCUT2D eigenvalue weighted by Crippen LogP contribution is -2.24. The Hall–Kier alpha value is -1.58. The molecule has 2 N–H and O–H groups in total. The summed E-state index contributed by atoms with van der Waals surface area (Å²) < 4.78 is 5.18. The van der Waals surface area contributed by atoms with Gasteiger partial charge in [-0.15, -0.1) is 0 Å². The Morgan fingerprint density at radius 2 is 2.00 bits per heavy atom. The van der Waals surface area contributed by atoms with Crippen molar-refractivity contribution in [1.29, 1.82) is 0 Å². The van der Waals surface area contributed by atoms with E-state index in [1.54, 1.807) is 18.4 Å². The fourth-order valence-corrected chi connectivity index (χ4v) is 2.02. The van der Waals surface area contributed by atoms with Gasteiger partial charge in [-0.1, -0.05) is 18.2 Å². The predicted molar refractivity (Wildman–Crippen MR) is 76.0 cm³/mol. The molecule has 1 aromatic carbocycles. The molecule has 0 saturated carbocycles. The molecule has 2 rings (SSSR count). The number of hydrogen-bond acceptors (Lipinski definition) is 3. The lowest BCUT2D eigenvalue weighted by Gasteiger charge is -2.17. The smallest absolute Gasteiger partial charge is 0.133 e. The van der Waals surface area contributed by atoms with Gasteiger partial charge in [-0.3, -0.25) is 0 Å².